The summed E-state index contributed by atoms with van der Waals surface area (Å²) in [4.78, 5) is 29.1. The van der Waals surface area contributed by atoms with E-state index in [1.807, 2.05) is 62.4 Å². The number of ether oxygens (including phenoxy) is 1. The number of carbonyl (C=O) groups is 2. The van der Waals surface area contributed by atoms with Crippen molar-refractivity contribution < 1.29 is 22.7 Å². The molecule has 0 aromatic heterocycles. The summed E-state index contributed by atoms with van der Waals surface area (Å²) in [6.07, 6.45) is 1.70. The molecule has 10 heteroatoms. The average Bonchev–Trinajstić information content (AvgIpc) is 2.96. The van der Waals surface area contributed by atoms with Crippen LogP contribution < -0.4 is 14.4 Å². The average molecular weight is 614 g/mol. The molecule has 3 aromatic carbocycles. The highest BCUT2D eigenvalue weighted by Gasteiger charge is 2.31. The SMILES string of the molecule is COc1ccccc1N(CCCC(=O)N(Cc1ccccc1Cl)C(Cc1ccccc1)C(=O)NCC(C)C)S(C)(=O)=O. The summed E-state index contributed by atoms with van der Waals surface area (Å²) in [5.74, 6) is 0.124. The molecule has 0 saturated carbocycles. The second-order valence-electron chi connectivity index (χ2n) is 10.6. The van der Waals surface area contributed by atoms with Crippen molar-refractivity contribution in [1.82, 2.24) is 10.2 Å². The van der Waals surface area contributed by atoms with Crippen molar-refractivity contribution in [3.63, 3.8) is 0 Å². The maximum Gasteiger partial charge on any atom is 0.243 e. The predicted octanol–water partition coefficient (Wildman–Crippen LogP) is 5.31. The molecular formula is C32H40ClN3O5S. The second kappa shape index (κ2) is 15.6. The molecule has 0 aliphatic carbocycles. The second-order valence-corrected chi connectivity index (χ2v) is 12.9. The van der Waals surface area contributed by atoms with Crippen molar-refractivity contribution in [3.05, 3.63) is 95.0 Å². The molecule has 226 valence electrons. The van der Waals surface area contributed by atoms with Crippen LogP contribution in [-0.4, -0.2) is 57.6 Å². The summed E-state index contributed by atoms with van der Waals surface area (Å²) in [5.41, 5.74) is 2.03. The fourth-order valence-electron chi connectivity index (χ4n) is 4.60. The largest absolute Gasteiger partial charge is 0.495 e. The molecule has 1 N–H and O–H groups in total. The number of hydrogen-bond acceptors (Lipinski definition) is 5. The number of carbonyl (C=O) groups excluding carboxylic acids is 2. The van der Waals surface area contributed by atoms with Crippen molar-refractivity contribution in [2.45, 2.75) is 45.7 Å². The van der Waals surface area contributed by atoms with E-state index >= 15 is 0 Å². The van der Waals surface area contributed by atoms with Crippen molar-refractivity contribution in [2.75, 3.05) is 30.8 Å². The van der Waals surface area contributed by atoms with Crippen LogP contribution in [0.3, 0.4) is 0 Å². The number of sulfonamides is 1. The lowest BCUT2D eigenvalue weighted by atomic mass is 10.0. The van der Waals surface area contributed by atoms with Crippen molar-refractivity contribution in [1.29, 1.82) is 0 Å². The van der Waals surface area contributed by atoms with E-state index in [1.54, 1.807) is 35.2 Å². The number of benzene rings is 3. The van der Waals surface area contributed by atoms with Crippen LogP contribution >= 0.6 is 11.6 Å². The van der Waals surface area contributed by atoms with E-state index in [4.69, 9.17) is 16.3 Å². The van der Waals surface area contributed by atoms with Crippen LogP contribution in [0.15, 0.2) is 78.9 Å². The lowest BCUT2D eigenvalue weighted by molar-refractivity contribution is -0.141. The van der Waals surface area contributed by atoms with Gasteiger partial charge in [-0.3, -0.25) is 13.9 Å². The van der Waals surface area contributed by atoms with E-state index in [0.29, 0.717) is 35.0 Å². The van der Waals surface area contributed by atoms with Crippen LogP contribution in [-0.2, 0) is 32.6 Å². The Labute approximate surface area is 254 Å². The number of nitrogens with zero attached hydrogens (tertiary/aromatic N) is 2. The minimum atomic E-state index is -3.66. The topological polar surface area (TPSA) is 96.0 Å². The molecule has 0 bridgehead atoms. The third-order valence-corrected chi connectivity index (χ3v) is 8.31. The van der Waals surface area contributed by atoms with Gasteiger partial charge in [0.05, 0.1) is 19.1 Å². The Morgan fingerprint density at radius 3 is 2.24 bits per heavy atom. The minimum Gasteiger partial charge on any atom is -0.495 e. The standard InChI is InChI=1S/C32H40ClN3O5S/c1-24(2)22-34-32(38)29(21-25-13-6-5-7-14-25)35(23-26-15-8-9-16-27(26)33)31(37)19-12-20-36(42(4,39)40)28-17-10-11-18-30(28)41-3/h5-11,13-18,24,29H,12,19-23H2,1-4H3,(H,34,38). The molecule has 1 unspecified atom stereocenters. The maximum atomic E-state index is 13.9. The summed E-state index contributed by atoms with van der Waals surface area (Å²) in [5, 5.41) is 3.50. The molecule has 2 amide bonds. The predicted molar refractivity (Wildman–Crippen MR) is 168 cm³/mol. The number of amides is 2. The highest BCUT2D eigenvalue weighted by Crippen LogP contribution is 2.30. The zero-order valence-electron chi connectivity index (χ0n) is 24.6. The van der Waals surface area contributed by atoms with Crippen LogP contribution in [0.2, 0.25) is 5.02 Å². The van der Waals surface area contributed by atoms with Gasteiger partial charge in [-0.05, 0) is 41.7 Å². The van der Waals surface area contributed by atoms with Crippen LogP contribution in [0.5, 0.6) is 5.75 Å². The third-order valence-electron chi connectivity index (χ3n) is 6.76. The van der Waals surface area contributed by atoms with E-state index in [9.17, 15) is 18.0 Å². The van der Waals surface area contributed by atoms with Gasteiger partial charge >= 0.3 is 0 Å². The normalized spacial score (nSPS) is 12.0. The van der Waals surface area contributed by atoms with Gasteiger partial charge in [-0.1, -0.05) is 86.1 Å². The molecule has 3 rings (SSSR count). The molecule has 42 heavy (non-hydrogen) atoms. The summed E-state index contributed by atoms with van der Waals surface area (Å²) >= 11 is 6.49. The summed E-state index contributed by atoms with van der Waals surface area (Å²) in [6, 6.07) is 22.8. The van der Waals surface area contributed by atoms with Gasteiger partial charge in [0, 0.05) is 37.5 Å². The summed E-state index contributed by atoms with van der Waals surface area (Å²) in [7, 11) is -2.18. The van der Waals surface area contributed by atoms with Gasteiger partial charge in [-0.15, -0.1) is 0 Å². The van der Waals surface area contributed by atoms with Crippen molar-refractivity contribution in [3.8, 4) is 5.75 Å². The molecular weight excluding hydrogens is 574 g/mol. The monoisotopic (exact) mass is 613 g/mol. The molecule has 0 aliphatic heterocycles. The number of anilines is 1. The van der Waals surface area contributed by atoms with Crippen molar-refractivity contribution in [2.24, 2.45) is 5.92 Å². The summed E-state index contributed by atoms with van der Waals surface area (Å²) in [6.45, 7) is 4.68. The molecule has 0 radical (unpaired) electrons. The van der Waals surface area contributed by atoms with Crippen LogP contribution in [0.4, 0.5) is 5.69 Å². The van der Waals surface area contributed by atoms with E-state index in [1.165, 1.54) is 11.4 Å². The lowest BCUT2D eigenvalue weighted by Gasteiger charge is -2.32. The zero-order valence-corrected chi connectivity index (χ0v) is 26.2. The highest BCUT2D eigenvalue weighted by molar-refractivity contribution is 7.92. The Morgan fingerprint density at radius 2 is 1.60 bits per heavy atom. The number of hydrogen-bond donors (Lipinski definition) is 1. The smallest absolute Gasteiger partial charge is 0.243 e. The molecule has 0 heterocycles. The molecule has 0 saturated heterocycles. The van der Waals surface area contributed by atoms with E-state index in [-0.39, 0.29) is 43.7 Å². The minimum absolute atomic E-state index is 0.0222. The lowest BCUT2D eigenvalue weighted by Crippen LogP contribution is -2.51. The van der Waals surface area contributed by atoms with Crippen LogP contribution in [0.1, 0.15) is 37.8 Å². The van der Waals surface area contributed by atoms with E-state index in [0.717, 1.165) is 11.8 Å². The Balaban J connectivity index is 1.90. The Morgan fingerprint density at radius 1 is 0.952 bits per heavy atom. The number of halogens is 1. The molecule has 0 spiro atoms. The van der Waals surface area contributed by atoms with Gasteiger partial charge < -0.3 is 15.0 Å². The molecule has 3 aromatic rings. The third kappa shape index (κ3) is 9.49. The van der Waals surface area contributed by atoms with E-state index in [2.05, 4.69) is 5.32 Å². The highest BCUT2D eigenvalue weighted by atomic mass is 35.5. The number of rotatable bonds is 15. The Hall–Kier alpha value is -3.56. The molecule has 0 aliphatic rings. The number of para-hydroxylation sites is 2. The first-order valence-electron chi connectivity index (χ1n) is 14.0. The fourth-order valence-corrected chi connectivity index (χ4v) is 5.77. The van der Waals surface area contributed by atoms with Gasteiger partial charge in [-0.25, -0.2) is 8.42 Å². The van der Waals surface area contributed by atoms with E-state index < -0.39 is 16.1 Å². The van der Waals surface area contributed by atoms with Gasteiger partial charge in [0.15, 0.2) is 0 Å². The van der Waals surface area contributed by atoms with Crippen LogP contribution in [0, 0.1) is 5.92 Å². The Bertz CT molecular complexity index is 1430. The molecule has 0 fully saturated rings. The quantitative estimate of drug-likeness (QED) is 0.251. The fraction of sp³-hybridized carbons (Fsp3) is 0.375. The molecule has 1 atom stereocenters. The van der Waals surface area contributed by atoms with Gasteiger partial charge in [0.2, 0.25) is 21.8 Å². The number of nitrogens with one attached hydrogen (secondary N) is 1. The van der Waals surface area contributed by atoms with Gasteiger partial charge in [-0.2, -0.15) is 0 Å². The Kier molecular flexibility index (Phi) is 12.2. The maximum absolute atomic E-state index is 13.9. The first kappa shape index (κ1) is 32.9. The molecule has 8 nitrogen and oxygen atoms in total. The van der Waals surface area contributed by atoms with Crippen molar-refractivity contribution >= 4 is 39.1 Å². The first-order chi connectivity index (χ1) is 20.0. The zero-order chi connectivity index (χ0) is 30.7. The van der Waals surface area contributed by atoms with Gasteiger partial charge in [0.25, 0.3) is 0 Å². The summed E-state index contributed by atoms with van der Waals surface area (Å²) < 4.78 is 32.1. The first-order valence-corrected chi connectivity index (χ1v) is 16.2. The van der Waals surface area contributed by atoms with Gasteiger partial charge in [0.1, 0.15) is 11.8 Å². The number of methoxy groups -OCH3 is 1. The van der Waals surface area contributed by atoms with Crippen LogP contribution in [0.25, 0.3) is 0 Å².